The summed E-state index contributed by atoms with van der Waals surface area (Å²) in [5.41, 5.74) is 0. The van der Waals surface area contributed by atoms with Crippen molar-refractivity contribution in [3.05, 3.63) is 5.01 Å². The van der Waals surface area contributed by atoms with Crippen LogP contribution in [0.25, 0.3) is 0 Å². The lowest BCUT2D eigenvalue weighted by Gasteiger charge is -2.04. The van der Waals surface area contributed by atoms with Gasteiger partial charge in [0.2, 0.25) is 10.1 Å². The van der Waals surface area contributed by atoms with Gasteiger partial charge in [0, 0.05) is 12.6 Å². The summed E-state index contributed by atoms with van der Waals surface area (Å²) in [7, 11) is 0. The quantitative estimate of drug-likeness (QED) is 0.788. The average molecular weight is 214 g/mol. The first-order chi connectivity index (χ1) is 6.63. The van der Waals surface area contributed by atoms with E-state index in [0.29, 0.717) is 10.1 Å². The van der Waals surface area contributed by atoms with Crippen LogP contribution in [0.15, 0.2) is 0 Å². The van der Waals surface area contributed by atoms with Crippen molar-refractivity contribution in [1.82, 2.24) is 15.5 Å². The molecular formula is C8H14N4OS. The third-order valence-corrected chi connectivity index (χ3v) is 2.25. The van der Waals surface area contributed by atoms with Gasteiger partial charge in [-0.2, -0.15) is 0 Å². The number of nitrogens with one attached hydrogen (secondary N) is 2. The Hall–Kier alpha value is -1.17. The SMILES string of the molecule is CCNc1nnc(C(=O)NC(C)C)s1. The van der Waals surface area contributed by atoms with Gasteiger partial charge in [-0.05, 0) is 20.8 Å². The van der Waals surface area contributed by atoms with E-state index in [2.05, 4.69) is 20.8 Å². The van der Waals surface area contributed by atoms with Crippen LogP contribution in [0.5, 0.6) is 0 Å². The van der Waals surface area contributed by atoms with E-state index in [1.165, 1.54) is 11.3 Å². The molecule has 1 aromatic heterocycles. The second-order valence-electron chi connectivity index (χ2n) is 3.07. The highest BCUT2D eigenvalue weighted by atomic mass is 32.1. The molecule has 1 heterocycles. The van der Waals surface area contributed by atoms with Crippen molar-refractivity contribution in [1.29, 1.82) is 0 Å². The van der Waals surface area contributed by atoms with Crippen LogP contribution in [-0.2, 0) is 0 Å². The van der Waals surface area contributed by atoms with E-state index >= 15 is 0 Å². The molecule has 0 aliphatic heterocycles. The van der Waals surface area contributed by atoms with E-state index in [0.717, 1.165) is 6.54 Å². The predicted molar refractivity (Wildman–Crippen MR) is 56.7 cm³/mol. The standard InChI is InChI=1S/C8H14N4OS/c1-4-9-8-12-11-7(14-8)6(13)10-5(2)3/h5H,4H2,1-3H3,(H,9,12)(H,10,13). The summed E-state index contributed by atoms with van der Waals surface area (Å²) in [6.45, 7) is 6.56. The molecule has 6 heteroatoms. The van der Waals surface area contributed by atoms with Gasteiger partial charge >= 0.3 is 0 Å². The molecule has 0 unspecified atom stereocenters. The second-order valence-corrected chi connectivity index (χ2v) is 4.05. The fourth-order valence-corrected chi connectivity index (χ4v) is 1.58. The summed E-state index contributed by atoms with van der Waals surface area (Å²) in [6, 6.07) is 0.119. The van der Waals surface area contributed by atoms with Crippen LogP contribution in [0.4, 0.5) is 5.13 Å². The maximum absolute atomic E-state index is 11.4. The lowest BCUT2D eigenvalue weighted by atomic mass is 10.4. The van der Waals surface area contributed by atoms with Crippen molar-refractivity contribution in [3.63, 3.8) is 0 Å². The largest absolute Gasteiger partial charge is 0.360 e. The molecule has 2 N–H and O–H groups in total. The van der Waals surface area contributed by atoms with Crippen molar-refractivity contribution in [2.45, 2.75) is 26.8 Å². The summed E-state index contributed by atoms with van der Waals surface area (Å²) >= 11 is 1.26. The lowest BCUT2D eigenvalue weighted by Crippen LogP contribution is -2.29. The number of carbonyl (C=O) groups is 1. The molecule has 1 amide bonds. The first-order valence-electron chi connectivity index (χ1n) is 4.51. The molecule has 0 aliphatic carbocycles. The minimum Gasteiger partial charge on any atom is -0.360 e. The molecule has 0 spiro atoms. The topological polar surface area (TPSA) is 66.9 Å². The van der Waals surface area contributed by atoms with Gasteiger partial charge in [0.25, 0.3) is 5.91 Å². The zero-order chi connectivity index (χ0) is 10.6. The van der Waals surface area contributed by atoms with E-state index in [9.17, 15) is 4.79 Å². The van der Waals surface area contributed by atoms with Gasteiger partial charge < -0.3 is 10.6 Å². The molecule has 14 heavy (non-hydrogen) atoms. The Bertz CT molecular complexity index is 310. The number of rotatable bonds is 4. The molecule has 0 aliphatic rings. The number of hydrogen-bond acceptors (Lipinski definition) is 5. The Morgan fingerprint density at radius 2 is 2.21 bits per heavy atom. The van der Waals surface area contributed by atoms with E-state index in [1.54, 1.807) is 0 Å². The van der Waals surface area contributed by atoms with Crippen LogP contribution in [-0.4, -0.2) is 28.7 Å². The summed E-state index contributed by atoms with van der Waals surface area (Å²) in [5.74, 6) is -0.165. The Morgan fingerprint density at radius 1 is 1.50 bits per heavy atom. The highest BCUT2D eigenvalue weighted by molar-refractivity contribution is 7.17. The monoisotopic (exact) mass is 214 g/mol. The van der Waals surface area contributed by atoms with E-state index < -0.39 is 0 Å². The van der Waals surface area contributed by atoms with E-state index in [-0.39, 0.29) is 11.9 Å². The van der Waals surface area contributed by atoms with Gasteiger partial charge in [-0.15, -0.1) is 10.2 Å². The Labute approximate surface area is 86.9 Å². The highest BCUT2D eigenvalue weighted by Crippen LogP contribution is 2.14. The summed E-state index contributed by atoms with van der Waals surface area (Å²) in [4.78, 5) is 11.4. The normalized spacial score (nSPS) is 10.3. The molecule has 0 saturated heterocycles. The molecule has 0 radical (unpaired) electrons. The smallest absolute Gasteiger partial charge is 0.282 e. The second kappa shape index (κ2) is 4.90. The highest BCUT2D eigenvalue weighted by Gasteiger charge is 2.12. The number of anilines is 1. The molecule has 5 nitrogen and oxygen atoms in total. The van der Waals surface area contributed by atoms with Crippen molar-refractivity contribution < 1.29 is 4.79 Å². The molecular weight excluding hydrogens is 200 g/mol. The van der Waals surface area contributed by atoms with Crippen LogP contribution >= 0.6 is 11.3 Å². The van der Waals surface area contributed by atoms with E-state index in [1.807, 2.05) is 20.8 Å². The van der Waals surface area contributed by atoms with Gasteiger partial charge in [-0.3, -0.25) is 4.79 Å². The molecule has 0 bridgehead atoms. The summed E-state index contributed by atoms with van der Waals surface area (Å²) in [6.07, 6.45) is 0. The fourth-order valence-electron chi connectivity index (χ4n) is 0.862. The van der Waals surface area contributed by atoms with Crippen LogP contribution in [0, 0.1) is 0 Å². The molecule has 0 aromatic carbocycles. The zero-order valence-corrected chi connectivity index (χ0v) is 9.31. The minimum absolute atomic E-state index is 0.119. The van der Waals surface area contributed by atoms with Crippen molar-refractivity contribution in [2.24, 2.45) is 0 Å². The molecule has 0 fully saturated rings. The molecule has 0 saturated carbocycles. The Balaban J connectivity index is 2.62. The van der Waals surface area contributed by atoms with Gasteiger partial charge in [0.05, 0.1) is 0 Å². The third kappa shape index (κ3) is 2.95. The van der Waals surface area contributed by atoms with Crippen LogP contribution < -0.4 is 10.6 Å². The first-order valence-corrected chi connectivity index (χ1v) is 5.33. The fraction of sp³-hybridized carbons (Fsp3) is 0.625. The van der Waals surface area contributed by atoms with Crippen molar-refractivity contribution in [3.8, 4) is 0 Å². The number of nitrogens with zero attached hydrogens (tertiary/aromatic N) is 2. The number of hydrogen-bond donors (Lipinski definition) is 2. The summed E-state index contributed by atoms with van der Waals surface area (Å²) < 4.78 is 0. The van der Waals surface area contributed by atoms with E-state index in [4.69, 9.17) is 0 Å². The van der Waals surface area contributed by atoms with Crippen LogP contribution in [0.1, 0.15) is 30.6 Å². The average Bonchev–Trinajstić information content (AvgIpc) is 2.52. The molecule has 1 rings (SSSR count). The van der Waals surface area contributed by atoms with Gasteiger partial charge in [-0.25, -0.2) is 0 Å². The summed E-state index contributed by atoms with van der Waals surface area (Å²) in [5, 5.41) is 14.4. The van der Waals surface area contributed by atoms with Crippen LogP contribution in [0.3, 0.4) is 0 Å². The molecule has 1 aromatic rings. The Kier molecular flexibility index (Phi) is 3.82. The number of amides is 1. The Morgan fingerprint density at radius 3 is 2.79 bits per heavy atom. The molecule has 0 atom stereocenters. The van der Waals surface area contributed by atoms with Crippen molar-refractivity contribution in [2.75, 3.05) is 11.9 Å². The van der Waals surface area contributed by atoms with Gasteiger partial charge in [0.15, 0.2) is 0 Å². The maximum atomic E-state index is 11.4. The number of aromatic nitrogens is 2. The lowest BCUT2D eigenvalue weighted by molar-refractivity contribution is 0.0942. The van der Waals surface area contributed by atoms with Gasteiger partial charge in [-0.1, -0.05) is 11.3 Å². The predicted octanol–water partition coefficient (Wildman–Crippen LogP) is 1.11. The maximum Gasteiger partial charge on any atom is 0.282 e. The minimum atomic E-state index is -0.165. The number of carbonyl (C=O) groups excluding carboxylic acids is 1. The van der Waals surface area contributed by atoms with Gasteiger partial charge in [0.1, 0.15) is 0 Å². The van der Waals surface area contributed by atoms with Crippen LogP contribution in [0.2, 0.25) is 0 Å². The zero-order valence-electron chi connectivity index (χ0n) is 8.50. The molecule has 78 valence electrons. The first kappa shape index (κ1) is 10.9. The third-order valence-electron chi connectivity index (χ3n) is 1.37. The van der Waals surface area contributed by atoms with Crippen molar-refractivity contribution >= 4 is 22.4 Å².